The second-order valence-electron chi connectivity index (χ2n) is 4.43. The van der Waals surface area contributed by atoms with E-state index < -0.39 is 12.6 Å². The van der Waals surface area contributed by atoms with Crippen molar-refractivity contribution in [2.24, 2.45) is 0 Å². The zero-order chi connectivity index (χ0) is 17.8. The lowest BCUT2D eigenvalue weighted by Gasteiger charge is -2.10. The number of hydrogen-bond donors (Lipinski definition) is 1. The Labute approximate surface area is 138 Å². The number of anilines is 1. The van der Waals surface area contributed by atoms with Gasteiger partial charge in [-0.05, 0) is 6.92 Å². The Balaban J connectivity index is 2.15. The molecule has 0 bridgehead atoms. The van der Waals surface area contributed by atoms with Gasteiger partial charge in [0.15, 0.2) is 0 Å². The first kappa shape index (κ1) is 19.9. The summed E-state index contributed by atoms with van der Waals surface area (Å²) in [4.78, 5) is 11.0. The number of rotatable bonds is 12. The molecule has 0 radical (unpaired) electrons. The lowest BCUT2D eigenvalue weighted by Crippen LogP contribution is -2.16. The summed E-state index contributed by atoms with van der Waals surface area (Å²) < 4.78 is 48.9. The van der Waals surface area contributed by atoms with Gasteiger partial charge in [-0.3, -0.25) is 0 Å². The Bertz CT molecular complexity index is 501. The summed E-state index contributed by atoms with van der Waals surface area (Å²) in [5.41, 5.74) is 5.82. The molecule has 0 atom stereocenters. The predicted molar refractivity (Wildman–Crippen MR) is 81.3 cm³/mol. The van der Waals surface area contributed by atoms with Crippen LogP contribution in [0.2, 0.25) is 0 Å². The second-order valence-corrected chi connectivity index (χ2v) is 4.43. The van der Waals surface area contributed by atoms with Crippen LogP contribution < -0.4 is 15.2 Å². The lowest BCUT2D eigenvalue weighted by atomic mass is 10.3. The van der Waals surface area contributed by atoms with E-state index in [0.29, 0.717) is 12.4 Å². The van der Waals surface area contributed by atoms with Gasteiger partial charge < -0.3 is 29.4 Å². The maximum atomic E-state index is 12.2. The van der Waals surface area contributed by atoms with E-state index in [2.05, 4.69) is 9.47 Å². The monoisotopic (exact) mass is 349 g/mol. The molecule has 0 aliphatic carbocycles. The highest BCUT2D eigenvalue weighted by atomic mass is 19.3. The van der Waals surface area contributed by atoms with Crippen LogP contribution in [-0.4, -0.2) is 52.2 Å². The molecule has 0 spiro atoms. The van der Waals surface area contributed by atoms with Gasteiger partial charge in [0.2, 0.25) is 0 Å². The molecule has 1 aromatic carbocycles. The average Bonchev–Trinajstić information content (AvgIpc) is 2.49. The largest absolute Gasteiger partial charge is 0.491 e. The van der Waals surface area contributed by atoms with Gasteiger partial charge >= 0.3 is 12.6 Å². The van der Waals surface area contributed by atoms with E-state index in [1.807, 2.05) is 0 Å². The Morgan fingerprint density at radius 2 is 1.75 bits per heavy atom. The molecule has 0 aromatic heterocycles. The van der Waals surface area contributed by atoms with Crippen molar-refractivity contribution in [2.75, 3.05) is 45.4 Å². The molecule has 0 unspecified atom stereocenters. The van der Waals surface area contributed by atoms with Gasteiger partial charge in [-0.2, -0.15) is 8.78 Å². The number of nitrogen functional groups attached to an aromatic ring is 1. The third kappa shape index (κ3) is 9.11. The number of benzene rings is 1. The summed E-state index contributed by atoms with van der Waals surface area (Å²) in [5.74, 6) is -0.203. The number of nitrogens with two attached hydrogens (primary N) is 1. The predicted octanol–water partition coefficient (Wildman–Crippen LogP) is 1.85. The molecule has 0 saturated heterocycles. The van der Waals surface area contributed by atoms with Gasteiger partial charge in [-0.15, -0.1) is 0 Å². The summed E-state index contributed by atoms with van der Waals surface area (Å²) in [7, 11) is 0. The number of carbonyl (C=O) groups is 1. The number of esters is 1. The van der Waals surface area contributed by atoms with E-state index in [1.165, 1.54) is 18.2 Å². The summed E-state index contributed by atoms with van der Waals surface area (Å²) in [6.07, 6.45) is 0. The van der Waals surface area contributed by atoms with Gasteiger partial charge in [0, 0.05) is 23.9 Å². The quantitative estimate of drug-likeness (QED) is 0.350. The highest BCUT2D eigenvalue weighted by molar-refractivity contribution is 5.70. The highest BCUT2D eigenvalue weighted by Crippen LogP contribution is 2.25. The summed E-state index contributed by atoms with van der Waals surface area (Å²) in [5, 5.41) is 0. The number of alkyl halides is 2. The highest BCUT2D eigenvalue weighted by Gasteiger charge is 2.07. The Hall–Kier alpha value is -2.13. The topological polar surface area (TPSA) is 89.2 Å². The van der Waals surface area contributed by atoms with Gasteiger partial charge in [0.05, 0.1) is 26.4 Å². The van der Waals surface area contributed by atoms with E-state index in [-0.39, 0.29) is 44.5 Å². The van der Waals surface area contributed by atoms with Crippen molar-refractivity contribution >= 4 is 11.7 Å². The first-order valence-electron chi connectivity index (χ1n) is 7.30. The molecular formula is C15H21F2NO6. The van der Waals surface area contributed by atoms with Gasteiger partial charge in [-0.1, -0.05) is 0 Å². The van der Waals surface area contributed by atoms with Crippen molar-refractivity contribution in [2.45, 2.75) is 13.5 Å². The van der Waals surface area contributed by atoms with Gasteiger partial charge in [0.1, 0.15) is 24.7 Å². The standard InChI is InChI=1S/C15H21F2NO6/c1-2-22-14(19)10-21-4-3-20-5-6-23-12-7-11(18)8-13(9-12)24-15(16)17/h7-9,15H,2-6,10,18H2,1H3. The third-order valence-electron chi connectivity index (χ3n) is 2.52. The number of hydrogen-bond acceptors (Lipinski definition) is 7. The minimum Gasteiger partial charge on any atom is -0.491 e. The van der Waals surface area contributed by atoms with Crippen LogP contribution >= 0.6 is 0 Å². The molecule has 0 fully saturated rings. The van der Waals surface area contributed by atoms with Crippen molar-refractivity contribution in [3.05, 3.63) is 18.2 Å². The molecule has 2 N–H and O–H groups in total. The van der Waals surface area contributed by atoms with Crippen molar-refractivity contribution in [3.63, 3.8) is 0 Å². The van der Waals surface area contributed by atoms with Crippen LogP contribution in [0.4, 0.5) is 14.5 Å². The van der Waals surface area contributed by atoms with E-state index in [0.717, 1.165) is 0 Å². The van der Waals surface area contributed by atoms with Crippen LogP contribution in [0, 0.1) is 0 Å². The summed E-state index contributed by atoms with van der Waals surface area (Å²) in [6, 6.07) is 4.07. The van der Waals surface area contributed by atoms with Crippen LogP contribution in [0.5, 0.6) is 11.5 Å². The molecular weight excluding hydrogens is 328 g/mol. The second kappa shape index (κ2) is 11.4. The molecule has 0 amide bonds. The Morgan fingerprint density at radius 3 is 2.46 bits per heavy atom. The third-order valence-corrected chi connectivity index (χ3v) is 2.52. The molecule has 0 aliphatic rings. The molecule has 136 valence electrons. The molecule has 24 heavy (non-hydrogen) atoms. The SMILES string of the molecule is CCOC(=O)COCCOCCOc1cc(N)cc(OC(F)F)c1. The van der Waals surface area contributed by atoms with Crippen molar-refractivity contribution < 1.29 is 37.3 Å². The van der Waals surface area contributed by atoms with Crippen molar-refractivity contribution in [1.29, 1.82) is 0 Å². The van der Waals surface area contributed by atoms with E-state index >= 15 is 0 Å². The maximum Gasteiger partial charge on any atom is 0.387 e. The van der Waals surface area contributed by atoms with Gasteiger partial charge in [0.25, 0.3) is 0 Å². The smallest absolute Gasteiger partial charge is 0.387 e. The fourth-order valence-electron chi connectivity index (χ4n) is 1.64. The maximum absolute atomic E-state index is 12.2. The first-order chi connectivity index (χ1) is 11.5. The Morgan fingerprint density at radius 1 is 1.08 bits per heavy atom. The fourth-order valence-corrected chi connectivity index (χ4v) is 1.64. The molecule has 0 aliphatic heterocycles. The molecule has 1 aromatic rings. The van der Waals surface area contributed by atoms with Gasteiger partial charge in [-0.25, -0.2) is 4.79 Å². The minimum atomic E-state index is -2.93. The van der Waals surface area contributed by atoms with Crippen LogP contribution in [0.15, 0.2) is 18.2 Å². The van der Waals surface area contributed by atoms with E-state index in [9.17, 15) is 13.6 Å². The zero-order valence-electron chi connectivity index (χ0n) is 13.3. The molecule has 9 heteroatoms. The van der Waals surface area contributed by atoms with Crippen LogP contribution in [-0.2, 0) is 19.0 Å². The Kier molecular flexibility index (Phi) is 9.47. The number of carbonyl (C=O) groups excluding carboxylic acids is 1. The van der Waals surface area contributed by atoms with Crippen molar-refractivity contribution in [3.8, 4) is 11.5 Å². The molecule has 7 nitrogen and oxygen atoms in total. The van der Waals surface area contributed by atoms with Crippen LogP contribution in [0.3, 0.4) is 0 Å². The number of ether oxygens (including phenoxy) is 5. The van der Waals surface area contributed by atoms with Crippen molar-refractivity contribution in [1.82, 2.24) is 0 Å². The molecule has 1 rings (SSSR count). The fraction of sp³-hybridized carbons (Fsp3) is 0.533. The normalized spacial score (nSPS) is 10.7. The lowest BCUT2D eigenvalue weighted by molar-refractivity contribution is -0.148. The van der Waals surface area contributed by atoms with E-state index in [4.69, 9.17) is 19.9 Å². The molecule has 0 saturated carbocycles. The average molecular weight is 349 g/mol. The van der Waals surface area contributed by atoms with Crippen LogP contribution in [0.1, 0.15) is 6.92 Å². The molecule has 0 heterocycles. The van der Waals surface area contributed by atoms with Crippen LogP contribution in [0.25, 0.3) is 0 Å². The number of halogens is 2. The summed E-state index contributed by atoms with van der Waals surface area (Å²) in [6.45, 7) is -0.0728. The first-order valence-corrected chi connectivity index (χ1v) is 7.30. The van der Waals surface area contributed by atoms with E-state index in [1.54, 1.807) is 6.92 Å². The zero-order valence-corrected chi connectivity index (χ0v) is 13.3. The minimum absolute atomic E-state index is 0.0757. The summed E-state index contributed by atoms with van der Waals surface area (Å²) >= 11 is 0.